The van der Waals surface area contributed by atoms with Crippen LogP contribution in [-0.4, -0.2) is 23.9 Å². The molecule has 0 fully saturated rings. The first-order valence-electron chi connectivity index (χ1n) is 17.8. The Kier molecular flexibility index (Phi) is 11.1. The van der Waals surface area contributed by atoms with Crippen molar-refractivity contribution in [2.75, 3.05) is 7.05 Å². The van der Waals surface area contributed by atoms with Gasteiger partial charge in [0, 0.05) is 35.0 Å². The molecule has 1 aromatic heterocycles. The number of hydrogen-bond acceptors (Lipinski definition) is 0. The third kappa shape index (κ3) is 7.12. The average Bonchev–Trinajstić information content (AvgIpc) is 3.68. The fourth-order valence-corrected chi connectivity index (χ4v) is 7.40. The smallest absolute Gasteiger partial charge is 0.216 e. The van der Waals surface area contributed by atoms with E-state index in [1.807, 2.05) is 12.1 Å². The molecule has 257 valence electrons. The summed E-state index contributed by atoms with van der Waals surface area (Å²) in [6.07, 6.45) is 0. The molecule has 0 saturated heterocycles. The van der Waals surface area contributed by atoms with Crippen molar-refractivity contribution in [3.8, 4) is 22.3 Å². The Morgan fingerprint density at radius 3 is 1.45 bits per heavy atom. The zero-order valence-electron chi connectivity index (χ0n) is 30.3. The van der Waals surface area contributed by atoms with Gasteiger partial charge in [0.05, 0.1) is 5.61 Å². The van der Waals surface area contributed by atoms with E-state index < -0.39 is 0 Å². The van der Waals surface area contributed by atoms with Crippen molar-refractivity contribution in [1.29, 1.82) is 0 Å². The maximum atomic E-state index is 4.52. The summed E-state index contributed by atoms with van der Waals surface area (Å²) in [5.41, 5.74) is 15.2. The number of aromatic nitrogens is 1. The minimum atomic E-state index is 0. The van der Waals surface area contributed by atoms with Crippen LogP contribution in [0.25, 0.3) is 49.8 Å². The van der Waals surface area contributed by atoms with E-state index in [2.05, 4.69) is 191 Å². The third-order valence-electron chi connectivity index (χ3n) is 10.1. The van der Waals surface area contributed by atoms with Gasteiger partial charge >= 0.3 is 0 Å². The van der Waals surface area contributed by atoms with Crippen LogP contribution in [0.15, 0.2) is 146 Å². The van der Waals surface area contributed by atoms with Gasteiger partial charge in [-0.3, -0.25) is 0 Å². The zero-order chi connectivity index (χ0) is 34.8. The van der Waals surface area contributed by atoms with Crippen LogP contribution >= 0.6 is 0 Å². The van der Waals surface area contributed by atoms with Crippen molar-refractivity contribution in [2.24, 2.45) is 0 Å². The van der Waals surface area contributed by atoms with Gasteiger partial charge < -0.3 is 4.98 Å². The first-order valence-corrected chi connectivity index (χ1v) is 17.8. The second kappa shape index (κ2) is 15.7. The molecular formula is C47H44AuBN2-. The van der Waals surface area contributed by atoms with E-state index in [-0.39, 0.29) is 29.1 Å². The molecule has 0 bridgehead atoms. The van der Waals surface area contributed by atoms with Crippen molar-refractivity contribution in [2.45, 2.75) is 46.5 Å². The monoisotopic (exact) mass is 844 g/mol. The van der Waals surface area contributed by atoms with Gasteiger partial charge in [-0.15, -0.1) is 27.7 Å². The zero-order valence-corrected chi connectivity index (χ0v) is 32.5. The molecule has 0 saturated carbocycles. The number of benzene rings is 6. The van der Waals surface area contributed by atoms with Crippen molar-refractivity contribution in [3.05, 3.63) is 168 Å². The number of nitrogens with zero attached hydrogens (tertiary/aromatic N) is 2. The quantitative estimate of drug-likeness (QED) is 0.0926. The molecule has 0 spiro atoms. The predicted molar refractivity (Wildman–Crippen MR) is 216 cm³/mol. The van der Waals surface area contributed by atoms with E-state index in [1.54, 1.807) is 0 Å². The normalized spacial score (nSPS) is 12.7. The topological polar surface area (TPSA) is 17.1 Å². The van der Waals surface area contributed by atoms with Crippen LogP contribution in [0, 0.1) is 5.98 Å². The summed E-state index contributed by atoms with van der Waals surface area (Å²) in [5.74, 6) is 4.91. The molecule has 7 aromatic rings. The van der Waals surface area contributed by atoms with Crippen LogP contribution in [0.4, 0.5) is 0 Å². The van der Waals surface area contributed by atoms with E-state index in [0.717, 1.165) is 11.0 Å². The minimum Gasteiger partial charge on any atom is -0.657 e. The Bertz CT molecular complexity index is 2220. The van der Waals surface area contributed by atoms with Crippen molar-refractivity contribution in [1.82, 2.24) is 4.98 Å². The fraction of sp³-hybridized carbons (Fsp3) is 0.170. The van der Waals surface area contributed by atoms with Crippen LogP contribution in [0.2, 0.25) is 0 Å². The third-order valence-corrected chi connectivity index (χ3v) is 10.1. The molecule has 4 heteroatoms. The molecule has 0 unspecified atom stereocenters. The van der Waals surface area contributed by atoms with E-state index in [0.29, 0.717) is 11.8 Å². The Labute approximate surface area is 319 Å². The first-order chi connectivity index (χ1) is 24.3. The molecule has 0 atom stereocenters. The maximum Gasteiger partial charge on any atom is 0.216 e. The second-order valence-corrected chi connectivity index (χ2v) is 13.9. The van der Waals surface area contributed by atoms with Gasteiger partial charge in [-0.1, -0.05) is 179 Å². The Morgan fingerprint density at radius 2 is 0.980 bits per heavy atom. The van der Waals surface area contributed by atoms with Crippen molar-refractivity contribution < 1.29 is 27.0 Å². The van der Waals surface area contributed by atoms with E-state index in [9.17, 15) is 0 Å². The molecule has 0 aliphatic carbocycles. The number of hydrogen-bond donors (Lipinski definition) is 0. The van der Waals surface area contributed by atoms with Gasteiger partial charge in [0.15, 0.2) is 0 Å². The van der Waals surface area contributed by atoms with Gasteiger partial charge in [-0.25, -0.2) is 10.6 Å². The van der Waals surface area contributed by atoms with E-state index in [4.69, 9.17) is 0 Å². The SMILES string of the molecule is CC1=[N+](C)C(c2c(C(C)C)cccc2C(C)C)=[C-]B1c1c(-c2ccccc2)cccc1-c1ccccc1.[Au].c1ccc2c(c1)[n-]c1ccccc12. The molecule has 1 radical (unpaired) electrons. The van der Waals surface area contributed by atoms with Crippen molar-refractivity contribution >= 4 is 45.3 Å². The summed E-state index contributed by atoms with van der Waals surface area (Å²) in [6, 6.07) is 51.6. The predicted octanol–water partition coefficient (Wildman–Crippen LogP) is 11.0. The molecule has 0 amide bonds. The summed E-state index contributed by atoms with van der Waals surface area (Å²) in [5, 5.41) is 2.50. The summed E-state index contributed by atoms with van der Waals surface area (Å²) in [7, 11) is 2.21. The van der Waals surface area contributed by atoms with Gasteiger partial charge in [-0.05, 0) is 44.9 Å². The van der Waals surface area contributed by atoms with Gasteiger partial charge in [0.25, 0.3) is 0 Å². The van der Waals surface area contributed by atoms with Crippen LogP contribution in [0.3, 0.4) is 0 Å². The molecule has 2 nitrogen and oxygen atoms in total. The van der Waals surface area contributed by atoms with E-state index in [1.165, 1.54) is 66.5 Å². The molecule has 1 aliphatic heterocycles. The fourth-order valence-electron chi connectivity index (χ4n) is 7.40. The number of para-hydroxylation sites is 2. The average molecular weight is 845 g/mol. The summed E-state index contributed by atoms with van der Waals surface area (Å²) in [6.45, 7) is 11.5. The summed E-state index contributed by atoms with van der Waals surface area (Å²) in [4.78, 5) is 4.52. The molecular weight excluding hydrogens is 800 g/mol. The summed E-state index contributed by atoms with van der Waals surface area (Å²) < 4.78 is 2.38. The van der Waals surface area contributed by atoms with Gasteiger partial charge in [0.1, 0.15) is 7.05 Å². The molecule has 51 heavy (non-hydrogen) atoms. The van der Waals surface area contributed by atoms with Gasteiger partial charge in [-0.2, -0.15) is 0 Å². The Balaban J connectivity index is 0.000000266. The minimum absolute atomic E-state index is 0. The molecule has 8 rings (SSSR count). The molecule has 0 N–H and O–H groups in total. The largest absolute Gasteiger partial charge is 0.657 e. The number of rotatable bonds is 6. The Hall–Kier alpha value is -4.66. The molecule has 1 aliphatic rings. The summed E-state index contributed by atoms with van der Waals surface area (Å²) >= 11 is 0. The number of fused-ring (bicyclic) bond motifs is 3. The van der Waals surface area contributed by atoms with E-state index >= 15 is 0 Å². The second-order valence-electron chi connectivity index (χ2n) is 13.9. The van der Waals surface area contributed by atoms with Crippen LogP contribution in [-0.2, 0) is 22.4 Å². The van der Waals surface area contributed by atoms with Crippen LogP contribution in [0.5, 0.6) is 0 Å². The van der Waals surface area contributed by atoms with Crippen LogP contribution in [0.1, 0.15) is 63.1 Å². The maximum absolute atomic E-state index is 4.52. The Morgan fingerprint density at radius 1 is 0.549 bits per heavy atom. The first kappa shape index (κ1) is 36.1. The molecule has 2 heterocycles. The standard InChI is InChI=1S/C35H36BN.C12H8N.Au/c1-24(2)29-19-13-20-30(25(3)4)34(29)33-23-36(26(5)37(33)6)35-31(27-15-9-7-10-16-27)21-14-22-32(35)28-17-11-8-12-18-28;1-3-7-11-9(5-1)10-6-2-4-8-12(10)13-11;/h7-22,24-25H,1-6H3;1-8H;/q;-1;. The van der Waals surface area contributed by atoms with Crippen LogP contribution < -0.4 is 10.4 Å². The van der Waals surface area contributed by atoms with Crippen molar-refractivity contribution in [3.63, 3.8) is 0 Å². The van der Waals surface area contributed by atoms with Gasteiger partial charge in [0.2, 0.25) is 6.71 Å². The molecule has 6 aromatic carbocycles.